The van der Waals surface area contributed by atoms with Crippen molar-refractivity contribution in [3.05, 3.63) is 77.4 Å². The molecule has 0 saturated heterocycles. The molecule has 102 valence electrons. The van der Waals surface area contributed by atoms with E-state index >= 15 is 0 Å². The molecule has 2 aromatic rings. The van der Waals surface area contributed by atoms with Gasteiger partial charge in [0.2, 0.25) is 0 Å². The van der Waals surface area contributed by atoms with Crippen molar-refractivity contribution in [3.8, 4) is 12.1 Å². The van der Waals surface area contributed by atoms with Gasteiger partial charge in [-0.3, -0.25) is 0 Å². The monoisotopic (exact) mass is 274 g/mol. The van der Waals surface area contributed by atoms with Crippen LogP contribution in [0.5, 0.6) is 0 Å². The van der Waals surface area contributed by atoms with Crippen LogP contribution in [0.25, 0.3) is 5.57 Å². The number of allylic oxidation sites excluding steroid dienone is 1. The van der Waals surface area contributed by atoms with Gasteiger partial charge in [-0.05, 0) is 28.8 Å². The van der Waals surface area contributed by atoms with E-state index in [1.165, 1.54) is 6.08 Å². The average molecular weight is 274 g/mol. The number of nitrogens with zero attached hydrogens (tertiary/aromatic N) is 2. The standard InChI is InChI=1S/C18H14N2O/c19-10-9-18(17-7-2-1-3-8-17)14-21-13-16-6-4-5-15(11-16)12-20/h1-9,11H,13-14H2/b18-9+. The van der Waals surface area contributed by atoms with Gasteiger partial charge in [-0.25, -0.2) is 0 Å². The summed E-state index contributed by atoms with van der Waals surface area (Å²) in [5.74, 6) is 0. The Bertz CT molecular complexity index is 706. The first kappa shape index (κ1) is 14.5. The van der Waals surface area contributed by atoms with Crippen molar-refractivity contribution >= 4 is 5.57 Å². The highest BCUT2D eigenvalue weighted by Gasteiger charge is 2.02. The van der Waals surface area contributed by atoms with Crippen LogP contribution >= 0.6 is 0 Å². The molecular weight excluding hydrogens is 260 g/mol. The zero-order chi connectivity index (χ0) is 14.9. The lowest BCUT2D eigenvalue weighted by atomic mass is 10.1. The Hall–Kier alpha value is -2.88. The van der Waals surface area contributed by atoms with Crippen LogP contribution in [-0.4, -0.2) is 6.61 Å². The van der Waals surface area contributed by atoms with E-state index in [0.717, 1.165) is 16.7 Å². The molecule has 3 nitrogen and oxygen atoms in total. The Balaban J connectivity index is 1.99. The van der Waals surface area contributed by atoms with E-state index < -0.39 is 0 Å². The van der Waals surface area contributed by atoms with Crippen LogP contribution in [0.15, 0.2) is 60.7 Å². The minimum atomic E-state index is 0.356. The summed E-state index contributed by atoms with van der Waals surface area (Å²) in [7, 11) is 0. The van der Waals surface area contributed by atoms with Crippen LogP contribution < -0.4 is 0 Å². The van der Waals surface area contributed by atoms with E-state index in [4.69, 9.17) is 15.3 Å². The third-order valence-electron chi connectivity index (χ3n) is 2.97. The quantitative estimate of drug-likeness (QED) is 0.781. The van der Waals surface area contributed by atoms with Gasteiger partial charge in [0.1, 0.15) is 0 Å². The van der Waals surface area contributed by atoms with Crippen molar-refractivity contribution in [3.63, 3.8) is 0 Å². The average Bonchev–Trinajstić information content (AvgIpc) is 2.55. The van der Waals surface area contributed by atoms with Crippen molar-refractivity contribution in [1.82, 2.24) is 0 Å². The zero-order valence-electron chi connectivity index (χ0n) is 11.5. The first-order chi connectivity index (χ1) is 10.3. The molecule has 0 atom stereocenters. The molecule has 0 spiro atoms. The van der Waals surface area contributed by atoms with Crippen LogP contribution in [0.3, 0.4) is 0 Å². The maximum absolute atomic E-state index is 8.86. The van der Waals surface area contributed by atoms with Gasteiger partial charge in [0.15, 0.2) is 0 Å². The topological polar surface area (TPSA) is 56.8 Å². The van der Waals surface area contributed by atoms with Gasteiger partial charge in [-0.2, -0.15) is 10.5 Å². The van der Waals surface area contributed by atoms with Gasteiger partial charge >= 0.3 is 0 Å². The highest BCUT2D eigenvalue weighted by molar-refractivity contribution is 5.68. The SMILES string of the molecule is N#C/C=C(\COCc1cccc(C#N)c1)c1ccccc1. The summed E-state index contributed by atoms with van der Waals surface area (Å²) in [6, 6.07) is 21.1. The van der Waals surface area contributed by atoms with Crippen LogP contribution in [0.4, 0.5) is 0 Å². The Labute approximate surface area is 124 Å². The number of hydrogen-bond donors (Lipinski definition) is 0. The molecule has 2 aromatic carbocycles. The summed E-state index contributed by atoms with van der Waals surface area (Å²) in [5, 5.41) is 17.7. The molecule has 2 rings (SSSR count). The van der Waals surface area contributed by atoms with Crippen LogP contribution in [0.2, 0.25) is 0 Å². The fourth-order valence-electron chi connectivity index (χ4n) is 1.95. The number of rotatable bonds is 5. The molecule has 21 heavy (non-hydrogen) atoms. The molecule has 0 aliphatic carbocycles. The fourth-order valence-corrected chi connectivity index (χ4v) is 1.95. The van der Waals surface area contributed by atoms with Crippen LogP contribution in [0, 0.1) is 22.7 Å². The minimum absolute atomic E-state index is 0.356. The number of ether oxygens (including phenoxy) is 1. The predicted molar refractivity (Wildman–Crippen MR) is 80.8 cm³/mol. The zero-order valence-corrected chi connectivity index (χ0v) is 11.5. The van der Waals surface area contributed by atoms with Crippen LogP contribution in [0.1, 0.15) is 16.7 Å². The second-order valence-corrected chi connectivity index (χ2v) is 4.47. The summed E-state index contributed by atoms with van der Waals surface area (Å²) in [6.07, 6.45) is 1.50. The maximum Gasteiger partial charge on any atom is 0.0991 e. The number of benzene rings is 2. The van der Waals surface area contributed by atoms with Crippen molar-refractivity contribution < 1.29 is 4.74 Å². The Morgan fingerprint density at radius 2 is 1.86 bits per heavy atom. The molecule has 0 N–H and O–H groups in total. The second kappa shape index (κ2) is 7.65. The van der Waals surface area contributed by atoms with E-state index in [1.54, 1.807) is 12.1 Å². The molecule has 0 bridgehead atoms. The van der Waals surface area contributed by atoms with Gasteiger partial charge in [0.05, 0.1) is 30.9 Å². The van der Waals surface area contributed by atoms with Crippen molar-refractivity contribution in [2.45, 2.75) is 6.61 Å². The highest BCUT2D eigenvalue weighted by atomic mass is 16.5. The maximum atomic E-state index is 8.86. The lowest BCUT2D eigenvalue weighted by Gasteiger charge is -2.08. The summed E-state index contributed by atoms with van der Waals surface area (Å²) < 4.78 is 5.66. The fraction of sp³-hybridized carbons (Fsp3) is 0.111. The molecule has 0 amide bonds. The third kappa shape index (κ3) is 4.31. The molecule has 0 saturated carbocycles. The van der Waals surface area contributed by atoms with E-state index in [0.29, 0.717) is 18.8 Å². The Morgan fingerprint density at radius 1 is 1.05 bits per heavy atom. The van der Waals surface area contributed by atoms with E-state index in [1.807, 2.05) is 48.5 Å². The highest BCUT2D eigenvalue weighted by Crippen LogP contribution is 2.15. The minimum Gasteiger partial charge on any atom is -0.372 e. The van der Waals surface area contributed by atoms with E-state index in [2.05, 4.69) is 6.07 Å². The van der Waals surface area contributed by atoms with Gasteiger partial charge in [0, 0.05) is 6.08 Å². The van der Waals surface area contributed by atoms with E-state index in [9.17, 15) is 0 Å². The molecular formula is C18H14N2O. The molecule has 0 aliphatic heterocycles. The van der Waals surface area contributed by atoms with Gasteiger partial charge in [-0.15, -0.1) is 0 Å². The molecule has 0 fully saturated rings. The van der Waals surface area contributed by atoms with Gasteiger partial charge in [0.25, 0.3) is 0 Å². The normalized spacial score (nSPS) is 10.7. The van der Waals surface area contributed by atoms with E-state index in [-0.39, 0.29) is 0 Å². The van der Waals surface area contributed by atoms with Crippen molar-refractivity contribution in [1.29, 1.82) is 10.5 Å². The molecule has 0 heterocycles. The summed E-state index contributed by atoms with van der Waals surface area (Å²) in [5.41, 5.74) is 3.38. The lowest BCUT2D eigenvalue weighted by molar-refractivity contribution is 0.153. The summed E-state index contributed by atoms with van der Waals surface area (Å²) in [6.45, 7) is 0.763. The summed E-state index contributed by atoms with van der Waals surface area (Å²) >= 11 is 0. The van der Waals surface area contributed by atoms with Crippen LogP contribution in [-0.2, 0) is 11.3 Å². The first-order valence-corrected chi connectivity index (χ1v) is 6.54. The largest absolute Gasteiger partial charge is 0.372 e. The predicted octanol–water partition coefficient (Wildman–Crippen LogP) is 3.68. The third-order valence-corrected chi connectivity index (χ3v) is 2.97. The Morgan fingerprint density at radius 3 is 2.57 bits per heavy atom. The number of nitriles is 2. The second-order valence-electron chi connectivity index (χ2n) is 4.47. The van der Waals surface area contributed by atoms with Gasteiger partial charge < -0.3 is 4.74 Å². The Kier molecular flexibility index (Phi) is 5.29. The molecule has 0 aromatic heterocycles. The summed E-state index contributed by atoms with van der Waals surface area (Å²) in [4.78, 5) is 0. The smallest absolute Gasteiger partial charge is 0.0991 e. The first-order valence-electron chi connectivity index (χ1n) is 6.54. The molecule has 3 heteroatoms. The molecule has 0 radical (unpaired) electrons. The lowest BCUT2D eigenvalue weighted by Crippen LogP contribution is -1.99. The van der Waals surface area contributed by atoms with Crippen molar-refractivity contribution in [2.75, 3.05) is 6.61 Å². The van der Waals surface area contributed by atoms with Crippen molar-refractivity contribution in [2.24, 2.45) is 0 Å². The number of hydrogen-bond acceptors (Lipinski definition) is 3. The van der Waals surface area contributed by atoms with Gasteiger partial charge in [-0.1, -0.05) is 42.5 Å². The molecule has 0 aliphatic rings. The molecule has 0 unspecified atom stereocenters.